The summed E-state index contributed by atoms with van der Waals surface area (Å²) in [6, 6.07) is 5.25. The molecular formula is C23H22F7IN2O4S. The van der Waals surface area contributed by atoms with Crippen molar-refractivity contribution in [2.75, 3.05) is 16.9 Å². The maximum Gasteiger partial charge on any atom is 0.435 e. The Morgan fingerprint density at radius 2 is 1.50 bits per heavy atom. The molecule has 2 aromatic rings. The summed E-state index contributed by atoms with van der Waals surface area (Å²) < 4.78 is 119. The Kier molecular flexibility index (Phi) is 8.60. The van der Waals surface area contributed by atoms with E-state index in [1.165, 1.54) is 32.0 Å². The number of carbonyl (C=O) groups excluding carboxylic acids is 2. The molecule has 0 saturated carbocycles. The molecule has 0 aliphatic heterocycles. The van der Waals surface area contributed by atoms with Crippen molar-refractivity contribution in [3.8, 4) is 0 Å². The van der Waals surface area contributed by atoms with Gasteiger partial charge in [-0.05, 0) is 67.1 Å². The molecule has 0 fully saturated rings. The van der Waals surface area contributed by atoms with E-state index < -0.39 is 62.1 Å². The van der Waals surface area contributed by atoms with Gasteiger partial charge in [-0.1, -0.05) is 18.2 Å². The van der Waals surface area contributed by atoms with Crippen LogP contribution >= 0.6 is 22.6 Å². The van der Waals surface area contributed by atoms with Crippen LogP contribution in [0.15, 0.2) is 36.4 Å². The fourth-order valence-electron chi connectivity index (χ4n) is 4.08. The van der Waals surface area contributed by atoms with E-state index in [1.54, 1.807) is 22.6 Å². The van der Waals surface area contributed by atoms with Gasteiger partial charge in [0.05, 0.1) is 22.4 Å². The van der Waals surface area contributed by atoms with E-state index in [4.69, 9.17) is 5.73 Å². The second-order valence-electron chi connectivity index (χ2n) is 9.20. The molecule has 0 radical (unpaired) electrons. The van der Waals surface area contributed by atoms with Crippen molar-refractivity contribution in [3.05, 3.63) is 62.2 Å². The van der Waals surface area contributed by atoms with Crippen LogP contribution < -0.4 is 10.6 Å². The monoisotopic (exact) mass is 682 g/mol. The number of halogens is 8. The van der Waals surface area contributed by atoms with Gasteiger partial charge in [0.1, 0.15) is 9.84 Å². The van der Waals surface area contributed by atoms with Crippen LogP contribution in [-0.2, 0) is 15.5 Å². The Bertz CT molecular complexity index is 1360. The topological polar surface area (TPSA) is 97.5 Å². The smallest absolute Gasteiger partial charge is 0.366 e. The van der Waals surface area contributed by atoms with Crippen LogP contribution in [-0.4, -0.2) is 50.1 Å². The number of anilines is 1. The normalized spacial score (nSPS) is 13.4. The van der Waals surface area contributed by atoms with E-state index in [1.807, 2.05) is 0 Å². The minimum absolute atomic E-state index is 0.204. The summed E-state index contributed by atoms with van der Waals surface area (Å²) >= 11 is 1.71. The van der Waals surface area contributed by atoms with E-state index in [2.05, 4.69) is 0 Å². The van der Waals surface area contributed by atoms with E-state index in [0.717, 1.165) is 18.1 Å². The van der Waals surface area contributed by atoms with Gasteiger partial charge in [-0.25, -0.2) is 12.8 Å². The Morgan fingerprint density at radius 1 is 0.974 bits per heavy atom. The van der Waals surface area contributed by atoms with Gasteiger partial charge in [-0.3, -0.25) is 9.59 Å². The number of benzene rings is 2. The highest BCUT2D eigenvalue weighted by Crippen LogP contribution is 2.53. The van der Waals surface area contributed by atoms with Gasteiger partial charge in [-0.15, -0.1) is 0 Å². The predicted molar refractivity (Wildman–Crippen MR) is 134 cm³/mol. The van der Waals surface area contributed by atoms with Gasteiger partial charge in [0, 0.05) is 21.1 Å². The number of carbonyl (C=O) groups is 2. The lowest BCUT2D eigenvalue weighted by molar-refractivity contribution is -0.348. The molecule has 2 amide bonds. The zero-order valence-corrected chi connectivity index (χ0v) is 23.2. The molecule has 210 valence electrons. The van der Waals surface area contributed by atoms with Crippen LogP contribution in [0.3, 0.4) is 0 Å². The molecule has 0 heterocycles. The Hall–Kier alpha value is -2.43. The maximum atomic E-state index is 14.7. The summed E-state index contributed by atoms with van der Waals surface area (Å²) in [5, 5.41) is 0. The molecule has 0 unspecified atom stereocenters. The highest BCUT2D eigenvalue weighted by molar-refractivity contribution is 14.1. The van der Waals surface area contributed by atoms with E-state index >= 15 is 0 Å². The molecule has 2 rings (SSSR count). The largest absolute Gasteiger partial charge is 0.435 e. The molecule has 2 aromatic carbocycles. The average molecular weight is 682 g/mol. The molecule has 0 aliphatic rings. The second-order valence-corrected chi connectivity index (χ2v) is 12.5. The van der Waals surface area contributed by atoms with Crippen LogP contribution in [0, 0.1) is 10.5 Å². The zero-order valence-electron chi connectivity index (χ0n) is 20.3. The summed E-state index contributed by atoms with van der Waals surface area (Å²) in [6.45, 7) is 3.63. The Labute approximate surface area is 227 Å². The highest BCUT2D eigenvalue weighted by Gasteiger charge is 2.73. The van der Waals surface area contributed by atoms with Crippen LogP contribution in [0.2, 0.25) is 0 Å². The third-order valence-electron chi connectivity index (χ3n) is 5.53. The van der Waals surface area contributed by atoms with Gasteiger partial charge >= 0.3 is 18.0 Å². The number of aryl methyl sites for hydroxylation is 1. The third-order valence-corrected chi connectivity index (χ3v) is 7.66. The fourth-order valence-corrected chi connectivity index (χ4v) is 6.23. The summed E-state index contributed by atoms with van der Waals surface area (Å²) in [5.41, 5.74) is -5.01. The maximum absolute atomic E-state index is 14.7. The first kappa shape index (κ1) is 31.8. The first-order chi connectivity index (χ1) is 17.0. The first-order valence-corrected chi connectivity index (χ1v) is 13.6. The van der Waals surface area contributed by atoms with Crippen molar-refractivity contribution < 1.29 is 48.7 Å². The zero-order chi connectivity index (χ0) is 29.6. The standard InChI is InChI=1S/C23H22F7IN2O4S/c1-12-10-13(21(24,22(25,26)27)23(28,29)30)8-9-16(12)33(20(2,3)11-38(4,36)37)19(35)17-14(18(32)34)6-5-7-15(17)31/h5-10H,11H2,1-4H3,(H2,32,34). The van der Waals surface area contributed by atoms with Crippen LogP contribution in [0.25, 0.3) is 0 Å². The van der Waals surface area contributed by atoms with Crippen molar-refractivity contribution in [1.29, 1.82) is 0 Å². The van der Waals surface area contributed by atoms with Gasteiger partial charge in [0.2, 0.25) is 5.91 Å². The highest BCUT2D eigenvalue weighted by atomic mass is 127. The molecule has 0 aromatic heterocycles. The molecule has 38 heavy (non-hydrogen) atoms. The molecule has 6 nitrogen and oxygen atoms in total. The SMILES string of the molecule is Cc1cc(C(F)(C(F)(F)F)C(F)(F)F)ccc1N(C(=O)c1c(I)cccc1C(N)=O)C(C)(C)CS(C)(=O)=O. The average Bonchev–Trinajstić information content (AvgIpc) is 2.70. The van der Waals surface area contributed by atoms with Crippen LogP contribution in [0.4, 0.5) is 36.4 Å². The summed E-state index contributed by atoms with van der Waals surface area (Å²) in [6.07, 6.45) is -11.9. The molecule has 0 aliphatic carbocycles. The number of nitrogens with zero attached hydrogens (tertiary/aromatic N) is 1. The number of nitrogens with two attached hydrogens (primary N) is 1. The number of rotatable bonds is 7. The lowest BCUT2D eigenvalue weighted by Gasteiger charge is -2.40. The van der Waals surface area contributed by atoms with Crippen molar-refractivity contribution in [2.24, 2.45) is 5.73 Å². The Balaban J connectivity index is 2.89. The molecule has 0 spiro atoms. The van der Waals surface area contributed by atoms with Gasteiger partial charge in [-0.2, -0.15) is 26.3 Å². The van der Waals surface area contributed by atoms with Crippen LogP contribution in [0.5, 0.6) is 0 Å². The summed E-state index contributed by atoms with van der Waals surface area (Å²) in [4.78, 5) is 26.7. The quantitative estimate of drug-likeness (QED) is 0.310. The van der Waals surface area contributed by atoms with E-state index in [0.29, 0.717) is 6.07 Å². The molecule has 0 saturated heterocycles. The molecule has 0 bridgehead atoms. The van der Waals surface area contributed by atoms with Gasteiger partial charge in [0.25, 0.3) is 5.91 Å². The number of alkyl halides is 7. The number of hydrogen-bond acceptors (Lipinski definition) is 4. The van der Waals surface area contributed by atoms with E-state index in [9.17, 15) is 48.7 Å². The van der Waals surface area contributed by atoms with Crippen molar-refractivity contribution in [1.82, 2.24) is 0 Å². The molecule has 15 heteroatoms. The van der Waals surface area contributed by atoms with Gasteiger partial charge < -0.3 is 10.6 Å². The van der Waals surface area contributed by atoms with Crippen LogP contribution in [0.1, 0.15) is 45.7 Å². The fraction of sp³-hybridized carbons (Fsp3) is 0.391. The number of hydrogen-bond donors (Lipinski definition) is 1. The van der Waals surface area contributed by atoms with Gasteiger partial charge in [0.15, 0.2) is 0 Å². The van der Waals surface area contributed by atoms with E-state index in [-0.39, 0.29) is 32.5 Å². The number of amides is 2. The van der Waals surface area contributed by atoms with Crippen molar-refractivity contribution in [3.63, 3.8) is 0 Å². The third kappa shape index (κ3) is 6.07. The first-order valence-electron chi connectivity index (χ1n) is 10.5. The summed E-state index contributed by atoms with van der Waals surface area (Å²) in [7, 11) is -3.82. The van der Waals surface area contributed by atoms with Crippen molar-refractivity contribution in [2.45, 2.75) is 44.3 Å². The number of sulfone groups is 1. The lowest BCUT2D eigenvalue weighted by Crippen LogP contribution is -2.53. The molecule has 2 N–H and O–H groups in total. The molecule has 0 atom stereocenters. The predicted octanol–water partition coefficient (Wildman–Crippen LogP) is 5.46. The lowest BCUT2D eigenvalue weighted by atomic mass is 9.91. The molecular weight excluding hydrogens is 660 g/mol. The second kappa shape index (κ2) is 10.3. The minimum atomic E-state index is -6.36. The van der Waals surface area contributed by atoms with Crippen molar-refractivity contribution >= 4 is 49.9 Å². The Morgan fingerprint density at radius 3 is 1.92 bits per heavy atom. The number of primary amides is 1. The minimum Gasteiger partial charge on any atom is -0.366 e. The summed E-state index contributed by atoms with van der Waals surface area (Å²) in [5.74, 6) is -2.72.